The minimum Gasteiger partial charge on any atom is -0.481 e. The molecule has 6 nitrogen and oxygen atoms in total. The van der Waals surface area contributed by atoms with Crippen LogP contribution in [0.25, 0.3) is 0 Å². The van der Waals surface area contributed by atoms with Crippen molar-refractivity contribution in [1.29, 1.82) is 0 Å². The maximum atomic E-state index is 11.9. The Labute approximate surface area is 100 Å². The number of morpholine rings is 1. The second-order valence-electron chi connectivity index (χ2n) is 4.96. The molecule has 0 aromatic carbocycles. The topological polar surface area (TPSA) is 87.1 Å². The molecule has 1 fully saturated rings. The molecule has 1 rings (SSSR count). The van der Waals surface area contributed by atoms with Crippen LogP contribution in [0.1, 0.15) is 20.8 Å². The zero-order valence-corrected chi connectivity index (χ0v) is 10.3. The van der Waals surface area contributed by atoms with E-state index in [1.165, 1.54) is 11.8 Å². The Morgan fingerprint density at radius 1 is 1.53 bits per heavy atom. The van der Waals surface area contributed by atoms with Crippen molar-refractivity contribution in [2.75, 3.05) is 19.7 Å². The van der Waals surface area contributed by atoms with Crippen LogP contribution < -0.4 is 0 Å². The van der Waals surface area contributed by atoms with Crippen LogP contribution in [0, 0.1) is 5.92 Å². The molecular weight excluding hydrogens is 226 g/mol. The molecule has 0 aromatic rings. The molecule has 0 bridgehead atoms. The van der Waals surface area contributed by atoms with Gasteiger partial charge in [-0.25, -0.2) is 0 Å². The fourth-order valence-electron chi connectivity index (χ4n) is 1.94. The molecule has 2 unspecified atom stereocenters. The first-order valence-electron chi connectivity index (χ1n) is 5.57. The maximum absolute atomic E-state index is 11.9. The highest BCUT2D eigenvalue weighted by molar-refractivity contribution is 5.96. The Morgan fingerprint density at radius 2 is 2.12 bits per heavy atom. The van der Waals surface area contributed by atoms with E-state index in [-0.39, 0.29) is 13.2 Å². The van der Waals surface area contributed by atoms with E-state index in [2.05, 4.69) is 0 Å². The Bertz CT molecular complexity index is 315. The van der Waals surface area contributed by atoms with E-state index in [1.54, 1.807) is 13.8 Å². The summed E-state index contributed by atoms with van der Waals surface area (Å²) in [7, 11) is 0. The molecule has 2 N–H and O–H groups in total. The molecule has 0 saturated carbocycles. The number of nitrogens with zero attached hydrogens (tertiary/aromatic N) is 1. The zero-order chi connectivity index (χ0) is 13.2. The lowest BCUT2D eigenvalue weighted by Gasteiger charge is -2.42. The predicted octanol–water partition coefficient (Wildman–Crippen LogP) is -0.295. The van der Waals surface area contributed by atoms with Gasteiger partial charge >= 0.3 is 5.97 Å². The van der Waals surface area contributed by atoms with Crippen molar-refractivity contribution in [2.45, 2.75) is 32.5 Å². The van der Waals surface area contributed by atoms with Gasteiger partial charge in [-0.2, -0.15) is 0 Å². The smallest absolute Gasteiger partial charge is 0.315 e. The number of hydrogen-bond acceptors (Lipinski definition) is 4. The maximum Gasteiger partial charge on any atom is 0.315 e. The number of ether oxygens (including phenoxy) is 1. The van der Waals surface area contributed by atoms with Crippen molar-refractivity contribution in [1.82, 2.24) is 4.90 Å². The van der Waals surface area contributed by atoms with Gasteiger partial charge in [-0.05, 0) is 20.8 Å². The van der Waals surface area contributed by atoms with Crippen molar-refractivity contribution in [3.8, 4) is 0 Å². The summed E-state index contributed by atoms with van der Waals surface area (Å²) >= 11 is 0. The number of carboxylic acid groups (broad SMARTS) is 1. The molecule has 0 radical (unpaired) electrons. The molecule has 0 aliphatic carbocycles. The molecule has 0 aromatic heterocycles. The van der Waals surface area contributed by atoms with Crippen LogP contribution in [-0.4, -0.2) is 58.4 Å². The molecule has 1 heterocycles. The van der Waals surface area contributed by atoms with Gasteiger partial charge < -0.3 is 19.8 Å². The first kappa shape index (κ1) is 13.9. The monoisotopic (exact) mass is 245 g/mol. The summed E-state index contributed by atoms with van der Waals surface area (Å²) in [4.78, 5) is 24.1. The van der Waals surface area contributed by atoms with E-state index < -0.39 is 29.5 Å². The molecule has 1 aliphatic heterocycles. The number of hydrogen-bond donors (Lipinski definition) is 2. The van der Waals surface area contributed by atoms with Gasteiger partial charge in [0.2, 0.25) is 5.91 Å². The summed E-state index contributed by atoms with van der Waals surface area (Å²) in [6, 6.07) is 0. The Hall–Kier alpha value is -1.14. The third-order valence-corrected chi connectivity index (χ3v) is 2.74. The zero-order valence-electron chi connectivity index (χ0n) is 10.3. The summed E-state index contributed by atoms with van der Waals surface area (Å²) in [5.74, 6) is -2.64. The highest BCUT2D eigenvalue weighted by Crippen LogP contribution is 2.22. The van der Waals surface area contributed by atoms with Crippen molar-refractivity contribution < 1.29 is 24.5 Å². The number of rotatable bonds is 3. The van der Waals surface area contributed by atoms with Gasteiger partial charge in [-0.3, -0.25) is 9.59 Å². The van der Waals surface area contributed by atoms with Gasteiger partial charge in [0.15, 0.2) is 0 Å². The number of aliphatic hydroxyl groups excluding tert-OH is 1. The first-order chi connectivity index (χ1) is 7.76. The van der Waals surface area contributed by atoms with Crippen LogP contribution in [0.5, 0.6) is 0 Å². The Morgan fingerprint density at radius 3 is 2.59 bits per heavy atom. The third-order valence-electron chi connectivity index (χ3n) is 2.74. The number of aliphatic carboxylic acids is 1. The SMILES string of the molecule is CC(C(=O)O)C(=O)N1CC(CO)OC(C)(C)C1. The van der Waals surface area contributed by atoms with E-state index in [0.29, 0.717) is 6.54 Å². The molecule has 17 heavy (non-hydrogen) atoms. The van der Waals surface area contributed by atoms with Crippen LogP contribution in [0.3, 0.4) is 0 Å². The molecule has 98 valence electrons. The lowest BCUT2D eigenvalue weighted by Crippen LogP contribution is -2.57. The van der Waals surface area contributed by atoms with Gasteiger partial charge in [0.25, 0.3) is 0 Å². The molecule has 1 amide bonds. The van der Waals surface area contributed by atoms with Gasteiger partial charge in [-0.1, -0.05) is 0 Å². The minimum absolute atomic E-state index is 0.186. The molecular formula is C11H19NO5. The largest absolute Gasteiger partial charge is 0.481 e. The van der Waals surface area contributed by atoms with E-state index in [4.69, 9.17) is 14.9 Å². The average Bonchev–Trinajstić information content (AvgIpc) is 2.24. The van der Waals surface area contributed by atoms with Crippen LogP contribution >= 0.6 is 0 Å². The number of aliphatic hydroxyl groups is 1. The molecule has 1 saturated heterocycles. The van der Waals surface area contributed by atoms with Gasteiger partial charge in [-0.15, -0.1) is 0 Å². The van der Waals surface area contributed by atoms with Crippen molar-refractivity contribution >= 4 is 11.9 Å². The summed E-state index contributed by atoms with van der Waals surface area (Å²) < 4.78 is 5.55. The predicted molar refractivity (Wildman–Crippen MR) is 59.4 cm³/mol. The van der Waals surface area contributed by atoms with E-state index in [1.807, 2.05) is 0 Å². The lowest BCUT2D eigenvalue weighted by molar-refractivity contribution is -0.172. The quantitative estimate of drug-likeness (QED) is 0.667. The van der Waals surface area contributed by atoms with Gasteiger partial charge in [0.1, 0.15) is 5.92 Å². The average molecular weight is 245 g/mol. The summed E-state index contributed by atoms with van der Waals surface area (Å²) in [5, 5.41) is 17.9. The highest BCUT2D eigenvalue weighted by atomic mass is 16.5. The summed E-state index contributed by atoms with van der Waals surface area (Å²) in [5.41, 5.74) is -0.570. The van der Waals surface area contributed by atoms with Crippen LogP contribution in [-0.2, 0) is 14.3 Å². The number of carboxylic acids is 1. The van der Waals surface area contributed by atoms with Gasteiger partial charge in [0, 0.05) is 13.1 Å². The first-order valence-corrected chi connectivity index (χ1v) is 5.57. The third kappa shape index (κ3) is 3.41. The van der Waals surface area contributed by atoms with E-state index >= 15 is 0 Å². The minimum atomic E-state index is -1.14. The standard InChI is InChI=1S/C11H19NO5/c1-7(10(15)16)9(14)12-4-8(5-13)17-11(2,3)6-12/h7-8,13H,4-6H2,1-3H3,(H,15,16). The molecule has 6 heteroatoms. The lowest BCUT2D eigenvalue weighted by atomic mass is 10.0. The van der Waals surface area contributed by atoms with E-state index in [9.17, 15) is 9.59 Å². The fourth-order valence-corrected chi connectivity index (χ4v) is 1.94. The Balaban J connectivity index is 2.76. The fraction of sp³-hybridized carbons (Fsp3) is 0.818. The Kier molecular flexibility index (Phi) is 4.11. The normalized spacial score (nSPS) is 25.4. The number of carbonyl (C=O) groups is 2. The van der Waals surface area contributed by atoms with Crippen LogP contribution in [0.2, 0.25) is 0 Å². The number of carbonyl (C=O) groups excluding carboxylic acids is 1. The molecule has 0 spiro atoms. The highest BCUT2D eigenvalue weighted by Gasteiger charge is 2.37. The number of amides is 1. The van der Waals surface area contributed by atoms with Crippen molar-refractivity contribution in [2.24, 2.45) is 5.92 Å². The van der Waals surface area contributed by atoms with E-state index in [0.717, 1.165) is 0 Å². The van der Waals surface area contributed by atoms with Crippen molar-refractivity contribution in [3.63, 3.8) is 0 Å². The van der Waals surface area contributed by atoms with Gasteiger partial charge in [0.05, 0.1) is 18.3 Å². The second-order valence-corrected chi connectivity index (χ2v) is 4.96. The second kappa shape index (κ2) is 5.01. The van der Waals surface area contributed by atoms with Crippen LogP contribution in [0.15, 0.2) is 0 Å². The summed E-state index contributed by atoms with van der Waals surface area (Å²) in [6.45, 7) is 5.35. The summed E-state index contributed by atoms with van der Waals surface area (Å²) in [6.07, 6.45) is -0.455. The van der Waals surface area contributed by atoms with Crippen molar-refractivity contribution in [3.05, 3.63) is 0 Å². The van der Waals surface area contributed by atoms with Crippen LogP contribution in [0.4, 0.5) is 0 Å². The molecule has 1 aliphatic rings. The molecule has 2 atom stereocenters.